The van der Waals surface area contributed by atoms with E-state index in [9.17, 15) is 8.42 Å². The van der Waals surface area contributed by atoms with E-state index >= 15 is 0 Å². The Kier molecular flexibility index (Phi) is 7.22. The van der Waals surface area contributed by atoms with E-state index in [1.54, 1.807) is 35.6 Å². The predicted octanol–water partition coefficient (Wildman–Crippen LogP) is 6.12. The molecule has 1 N–H and O–H groups in total. The van der Waals surface area contributed by atoms with E-state index < -0.39 is 10.0 Å². The highest BCUT2D eigenvalue weighted by molar-refractivity contribution is 7.92. The summed E-state index contributed by atoms with van der Waals surface area (Å²) in [5.74, 6) is 1.20. The van der Waals surface area contributed by atoms with E-state index in [1.165, 1.54) is 20.3 Å². The van der Waals surface area contributed by atoms with Gasteiger partial charge in [-0.2, -0.15) is 0 Å². The lowest BCUT2D eigenvalue weighted by Crippen LogP contribution is -2.21. The first kappa shape index (κ1) is 25.7. The highest BCUT2D eigenvalue weighted by Crippen LogP contribution is 2.42. The van der Waals surface area contributed by atoms with Gasteiger partial charge in [-0.25, -0.2) is 8.42 Å². The Hall–Kier alpha value is -2.98. The van der Waals surface area contributed by atoms with Crippen molar-refractivity contribution in [1.29, 1.82) is 0 Å². The molecule has 0 aliphatic carbocycles. The Morgan fingerprint density at radius 3 is 2.51 bits per heavy atom. The molecule has 0 spiro atoms. The van der Waals surface area contributed by atoms with Crippen LogP contribution in [-0.4, -0.2) is 53.8 Å². The molecule has 4 aromatic rings. The Morgan fingerprint density at radius 1 is 1.00 bits per heavy atom. The van der Waals surface area contributed by atoms with Gasteiger partial charge in [0.05, 0.1) is 29.8 Å². The Morgan fingerprint density at radius 2 is 1.78 bits per heavy atom. The molecule has 0 amide bonds. The van der Waals surface area contributed by atoms with Crippen LogP contribution >= 0.6 is 22.9 Å². The molecule has 1 saturated heterocycles. The lowest BCUT2D eigenvalue weighted by Gasteiger charge is -2.18. The molecule has 1 aliphatic heterocycles. The molecule has 2 heterocycles. The number of hydrogen-bond donors (Lipinski definition) is 1. The first-order valence-electron chi connectivity index (χ1n) is 11.7. The second-order valence-corrected chi connectivity index (χ2v) is 11.9. The van der Waals surface area contributed by atoms with Gasteiger partial charge in [-0.1, -0.05) is 29.8 Å². The fourth-order valence-corrected chi connectivity index (χ4v) is 6.89. The van der Waals surface area contributed by atoms with Crippen LogP contribution in [0.15, 0.2) is 64.9 Å². The zero-order chi connectivity index (χ0) is 26.2. The number of nitrogens with one attached hydrogen (secondary N) is 1. The summed E-state index contributed by atoms with van der Waals surface area (Å²) in [5, 5.41) is 3.44. The molecule has 0 bridgehead atoms. The molecule has 1 aliphatic rings. The number of halogens is 1. The number of ether oxygens (including phenoxy) is 3. The molecule has 194 valence electrons. The summed E-state index contributed by atoms with van der Waals surface area (Å²) < 4.78 is 48.4. The van der Waals surface area contributed by atoms with E-state index in [2.05, 4.69) is 9.62 Å². The second kappa shape index (κ2) is 10.4. The van der Waals surface area contributed by atoms with E-state index in [-0.39, 0.29) is 11.0 Å². The number of likely N-dealkylation sites (tertiary alicyclic amines) is 1. The van der Waals surface area contributed by atoms with Gasteiger partial charge in [0.2, 0.25) is 0 Å². The summed E-state index contributed by atoms with van der Waals surface area (Å²) in [6.07, 6.45) is 0.879. The van der Waals surface area contributed by atoms with E-state index in [4.69, 9.17) is 25.8 Å². The van der Waals surface area contributed by atoms with Gasteiger partial charge in [0.15, 0.2) is 11.5 Å². The summed E-state index contributed by atoms with van der Waals surface area (Å²) in [6.45, 7) is 1.73. The molecular formula is C27H27ClN2O5S2. The minimum absolute atomic E-state index is 0.00176. The van der Waals surface area contributed by atoms with Gasteiger partial charge in [-0.15, -0.1) is 11.3 Å². The van der Waals surface area contributed by atoms with Crippen LogP contribution in [0.4, 0.5) is 5.69 Å². The minimum Gasteiger partial charge on any atom is -0.493 e. The fraction of sp³-hybridized carbons (Fsp3) is 0.259. The number of nitrogens with zero attached hydrogens (tertiary/aromatic N) is 1. The largest absolute Gasteiger partial charge is 0.493 e. The third-order valence-electron chi connectivity index (χ3n) is 6.37. The molecule has 5 rings (SSSR count). The van der Waals surface area contributed by atoms with Crippen molar-refractivity contribution in [3.63, 3.8) is 0 Å². The average Bonchev–Trinajstić information content (AvgIpc) is 3.53. The number of thiophene rings is 1. The number of benzene rings is 3. The van der Waals surface area contributed by atoms with Crippen molar-refractivity contribution in [3.05, 3.63) is 65.0 Å². The zero-order valence-electron chi connectivity index (χ0n) is 20.7. The molecule has 1 atom stereocenters. The van der Waals surface area contributed by atoms with Crippen LogP contribution < -0.4 is 18.9 Å². The predicted molar refractivity (Wildman–Crippen MR) is 149 cm³/mol. The summed E-state index contributed by atoms with van der Waals surface area (Å²) in [7, 11) is 0.982. The maximum absolute atomic E-state index is 13.8. The van der Waals surface area contributed by atoms with E-state index in [1.807, 2.05) is 36.7 Å². The monoisotopic (exact) mass is 558 g/mol. The van der Waals surface area contributed by atoms with Gasteiger partial charge >= 0.3 is 0 Å². The van der Waals surface area contributed by atoms with E-state index in [0.29, 0.717) is 33.5 Å². The first-order valence-corrected chi connectivity index (χ1v) is 14.4. The number of likely N-dealkylation sites (N-methyl/N-ethyl adjacent to an activating group) is 1. The van der Waals surface area contributed by atoms with Crippen LogP contribution in [0.25, 0.3) is 21.2 Å². The SMILES string of the molecule is COc1cc(-c2cccc3ccsc23)c(S(=O)(=O)Nc2ccc(Cl)c(O[C@@H]3CCN(C)C3)c2)cc1OC. The van der Waals surface area contributed by atoms with Crippen molar-refractivity contribution < 1.29 is 22.6 Å². The van der Waals surface area contributed by atoms with Crippen LogP contribution in [0.2, 0.25) is 5.02 Å². The fourth-order valence-electron chi connectivity index (χ4n) is 4.54. The molecule has 1 aromatic heterocycles. The highest BCUT2D eigenvalue weighted by Gasteiger charge is 2.26. The van der Waals surface area contributed by atoms with Crippen molar-refractivity contribution in [3.8, 4) is 28.4 Å². The summed E-state index contributed by atoms with van der Waals surface area (Å²) in [4.78, 5) is 2.25. The van der Waals surface area contributed by atoms with Gasteiger partial charge in [0.25, 0.3) is 10.0 Å². The molecule has 10 heteroatoms. The topological polar surface area (TPSA) is 77.1 Å². The van der Waals surface area contributed by atoms with E-state index in [0.717, 1.165) is 35.2 Å². The number of fused-ring (bicyclic) bond motifs is 1. The van der Waals surface area contributed by atoms with Crippen LogP contribution in [0.1, 0.15) is 6.42 Å². The Balaban J connectivity index is 1.56. The molecule has 3 aromatic carbocycles. The standard InChI is InChI=1S/C27H27ClN2O5S2/c1-30-11-9-19(16-30)35-23-13-18(7-8-22(23)28)29-37(31,32)26-15-25(34-3)24(33-2)14-21(26)20-6-4-5-17-10-12-36-27(17)20/h4-8,10,12-15,19,29H,9,11,16H2,1-3H3/t19-/m1/s1. The smallest absolute Gasteiger partial charge is 0.262 e. The average molecular weight is 559 g/mol. The molecular weight excluding hydrogens is 532 g/mol. The molecule has 0 radical (unpaired) electrons. The number of anilines is 1. The molecule has 37 heavy (non-hydrogen) atoms. The first-order chi connectivity index (χ1) is 17.8. The number of methoxy groups -OCH3 is 2. The lowest BCUT2D eigenvalue weighted by atomic mass is 10.0. The van der Waals surface area contributed by atoms with Crippen LogP contribution in [-0.2, 0) is 10.0 Å². The minimum atomic E-state index is -4.05. The third-order valence-corrected chi connectivity index (χ3v) is 9.07. The number of hydrogen-bond acceptors (Lipinski definition) is 7. The second-order valence-electron chi connectivity index (χ2n) is 8.89. The molecule has 7 nitrogen and oxygen atoms in total. The normalized spacial score (nSPS) is 16.2. The van der Waals surface area contributed by atoms with Gasteiger partial charge < -0.3 is 19.1 Å². The zero-order valence-corrected chi connectivity index (χ0v) is 23.0. The number of sulfonamides is 1. The Labute approximate surface area is 225 Å². The maximum Gasteiger partial charge on any atom is 0.262 e. The number of rotatable bonds is 8. The quantitative estimate of drug-likeness (QED) is 0.281. The summed E-state index contributed by atoms with van der Waals surface area (Å²) in [6, 6.07) is 15.9. The van der Waals surface area contributed by atoms with Crippen LogP contribution in [0.3, 0.4) is 0 Å². The van der Waals surface area contributed by atoms with Crippen molar-refractivity contribution in [2.45, 2.75) is 17.4 Å². The van der Waals surface area contributed by atoms with Crippen LogP contribution in [0.5, 0.6) is 17.2 Å². The van der Waals surface area contributed by atoms with Gasteiger partial charge in [0.1, 0.15) is 11.9 Å². The van der Waals surface area contributed by atoms with Crippen molar-refractivity contribution in [2.75, 3.05) is 39.1 Å². The maximum atomic E-state index is 13.8. The third kappa shape index (κ3) is 5.22. The van der Waals surface area contributed by atoms with Crippen molar-refractivity contribution in [2.24, 2.45) is 0 Å². The molecule has 0 unspecified atom stereocenters. The van der Waals surface area contributed by atoms with Crippen molar-refractivity contribution >= 4 is 48.7 Å². The van der Waals surface area contributed by atoms with Gasteiger partial charge in [-0.05, 0) is 48.5 Å². The van der Waals surface area contributed by atoms with Gasteiger partial charge in [-0.3, -0.25) is 4.72 Å². The summed E-state index contributed by atoms with van der Waals surface area (Å²) in [5.41, 5.74) is 1.65. The molecule has 1 fully saturated rings. The molecule has 0 saturated carbocycles. The highest BCUT2D eigenvalue weighted by atomic mass is 35.5. The van der Waals surface area contributed by atoms with Crippen molar-refractivity contribution in [1.82, 2.24) is 4.90 Å². The van der Waals surface area contributed by atoms with Crippen LogP contribution in [0, 0.1) is 0 Å². The van der Waals surface area contributed by atoms with Gasteiger partial charge in [0, 0.05) is 41.0 Å². The summed E-state index contributed by atoms with van der Waals surface area (Å²) >= 11 is 7.93. The lowest BCUT2D eigenvalue weighted by molar-refractivity contribution is 0.208. The Bertz CT molecular complexity index is 1550.